The van der Waals surface area contributed by atoms with Gasteiger partial charge in [-0.3, -0.25) is 14.5 Å². The maximum atomic E-state index is 12.3. The average molecular weight is 387 g/mol. The third-order valence-electron chi connectivity index (χ3n) is 4.61. The second-order valence-corrected chi connectivity index (χ2v) is 6.66. The zero-order valence-electron chi connectivity index (χ0n) is 15.3. The summed E-state index contributed by atoms with van der Waals surface area (Å²) < 4.78 is 40.7. The fourth-order valence-corrected chi connectivity index (χ4v) is 3.18. The maximum Gasteiger partial charge on any atom is 0.573 e. The lowest BCUT2D eigenvalue weighted by atomic mass is 10.1. The molecule has 1 aromatic carbocycles. The minimum atomic E-state index is -4.75. The molecule has 2 amide bonds. The summed E-state index contributed by atoms with van der Waals surface area (Å²) >= 11 is 0. The quantitative estimate of drug-likeness (QED) is 0.753. The average Bonchev–Trinajstić information content (AvgIpc) is 2.90. The molecule has 27 heavy (non-hydrogen) atoms. The van der Waals surface area contributed by atoms with Crippen LogP contribution in [0.15, 0.2) is 24.3 Å². The van der Waals surface area contributed by atoms with Gasteiger partial charge in [-0.15, -0.1) is 13.2 Å². The van der Waals surface area contributed by atoms with E-state index >= 15 is 0 Å². The van der Waals surface area contributed by atoms with Gasteiger partial charge in [0.2, 0.25) is 11.8 Å². The van der Waals surface area contributed by atoms with Crippen LogP contribution in [0.3, 0.4) is 0 Å². The van der Waals surface area contributed by atoms with Gasteiger partial charge in [-0.1, -0.05) is 12.1 Å². The number of benzene rings is 1. The van der Waals surface area contributed by atoms with E-state index in [1.54, 1.807) is 6.07 Å². The molecule has 1 aliphatic rings. The molecule has 2 N–H and O–H groups in total. The lowest BCUT2D eigenvalue weighted by molar-refractivity contribution is -0.274. The van der Waals surface area contributed by atoms with Crippen molar-refractivity contribution in [2.24, 2.45) is 0 Å². The van der Waals surface area contributed by atoms with Gasteiger partial charge in [0, 0.05) is 38.5 Å². The highest BCUT2D eigenvalue weighted by molar-refractivity contribution is 5.76. The monoisotopic (exact) mass is 387 g/mol. The molecular weight excluding hydrogens is 363 g/mol. The Morgan fingerprint density at radius 3 is 2.59 bits per heavy atom. The molecule has 0 aliphatic carbocycles. The number of amides is 2. The minimum Gasteiger partial charge on any atom is -0.406 e. The molecule has 0 saturated carbocycles. The van der Waals surface area contributed by atoms with E-state index in [4.69, 9.17) is 0 Å². The predicted molar refractivity (Wildman–Crippen MR) is 92.8 cm³/mol. The summed E-state index contributed by atoms with van der Waals surface area (Å²) in [5, 5.41) is 5.52. The van der Waals surface area contributed by atoms with E-state index in [-0.39, 0.29) is 36.2 Å². The lowest BCUT2D eigenvalue weighted by Gasteiger charge is -2.25. The molecule has 1 aromatic rings. The van der Waals surface area contributed by atoms with Crippen molar-refractivity contribution in [1.82, 2.24) is 15.5 Å². The van der Waals surface area contributed by atoms with Crippen molar-refractivity contribution in [2.45, 2.75) is 51.2 Å². The first-order valence-corrected chi connectivity index (χ1v) is 8.72. The number of ether oxygens (including phenoxy) is 1. The molecular formula is C18H24F3N3O3. The van der Waals surface area contributed by atoms with Crippen LogP contribution in [-0.4, -0.2) is 48.8 Å². The zero-order chi connectivity index (χ0) is 20.0. The third kappa shape index (κ3) is 7.09. The molecule has 9 heteroatoms. The summed E-state index contributed by atoms with van der Waals surface area (Å²) in [6, 6.07) is 5.79. The number of nitrogens with one attached hydrogen (secondary N) is 2. The number of likely N-dealkylation sites (tertiary alicyclic amines) is 1. The summed E-state index contributed by atoms with van der Waals surface area (Å²) in [6.07, 6.45) is -2.71. The topological polar surface area (TPSA) is 70.7 Å². The summed E-state index contributed by atoms with van der Waals surface area (Å²) in [5.41, 5.74) is 0.522. The van der Waals surface area contributed by atoms with E-state index in [9.17, 15) is 22.8 Å². The van der Waals surface area contributed by atoms with Crippen LogP contribution >= 0.6 is 0 Å². The Bertz CT molecular complexity index is 667. The van der Waals surface area contributed by atoms with E-state index < -0.39 is 6.36 Å². The first-order valence-electron chi connectivity index (χ1n) is 8.72. The van der Waals surface area contributed by atoms with Gasteiger partial charge in [-0.25, -0.2) is 0 Å². The summed E-state index contributed by atoms with van der Waals surface area (Å²) in [4.78, 5) is 25.3. The molecule has 1 heterocycles. The largest absolute Gasteiger partial charge is 0.573 e. The lowest BCUT2D eigenvalue weighted by Crippen LogP contribution is -2.41. The molecule has 150 valence electrons. The predicted octanol–water partition coefficient (Wildman–Crippen LogP) is 2.19. The number of halogens is 3. The highest BCUT2D eigenvalue weighted by Crippen LogP contribution is 2.25. The van der Waals surface area contributed by atoms with Gasteiger partial charge in [0.15, 0.2) is 0 Å². The number of hydrogen-bond acceptors (Lipinski definition) is 4. The van der Waals surface area contributed by atoms with Crippen molar-refractivity contribution in [2.75, 3.05) is 13.6 Å². The van der Waals surface area contributed by atoms with Crippen molar-refractivity contribution in [3.63, 3.8) is 0 Å². The van der Waals surface area contributed by atoms with E-state index in [0.29, 0.717) is 18.5 Å². The molecule has 0 radical (unpaired) electrons. The summed E-state index contributed by atoms with van der Waals surface area (Å²) in [7, 11) is 1.93. The molecule has 1 aliphatic heterocycles. The highest BCUT2D eigenvalue weighted by Gasteiger charge is 2.32. The van der Waals surface area contributed by atoms with E-state index in [1.807, 2.05) is 7.05 Å². The number of likely N-dealkylation sites (N-methyl/N-ethyl adjacent to an activating group) is 1. The van der Waals surface area contributed by atoms with Gasteiger partial charge in [0.05, 0.1) is 0 Å². The Morgan fingerprint density at radius 1 is 1.22 bits per heavy atom. The molecule has 1 saturated heterocycles. The Balaban J connectivity index is 1.80. The van der Waals surface area contributed by atoms with Crippen molar-refractivity contribution < 1.29 is 27.5 Å². The van der Waals surface area contributed by atoms with E-state index in [0.717, 1.165) is 12.8 Å². The fourth-order valence-electron chi connectivity index (χ4n) is 3.18. The van der Waals surface area contributed by atoms with E-state index in [2.05, 4.69) is 20.3 Å². The first-order chi connectivity index (χ1) is 12.6. The third-order valence-corrected chi connectivity index (χ3v) is 4.61. The van der Waals surface area contributed by atoms with Crippen LogP contribution in [-0.2, 0) is 16.1 Å². The van der Waals surface area contributed by atoms with Crippen LogP contribution in [0.5, 0.6) is 5.75 Å². The van der Waals surface area contributed by atoms with Gasteiger partial charge >= 0.3 is 6.36 Å². The van der Waals surface area contributed by atoms with Crippen LogP contribution in [0.25, 0.3) is 0 Å². The Hall–Kier alpha value is -2.29. The molecule has 0 spiro atoms. The van der Waals surface area contributed by atoms with Crippen LogP contribution in [0, 0.1) is 0 Å². The Kier molecular flexibility index (Phi) is 7.06. The molecule has 0 unspecified atom stereocenters. The summed E-state index contributed by atoms with van der Waals surface area (Å²) in [6.45, 7) is 2.14. The second kappa shape index (κ2) is 9.07. The number of rotatable bonds is 7. The van der Waals surface area contributed by atoms with Crippen LogP contribution in [0.1, 0.15) is 31.7 Å². The molecule has 2 rings (SSSR count). The highest BCUT2D eigenvalue weighted by atomic mass is 19.4. The zero-order valence-corrected chi connectivity index (χ0v) is 15.3. The number of nitrogens with zero attached hydrogens (tertiary/aromatic N) is 1. The Labute approximate surface area is 156 Å². The minimum absolute atomic E-state index is 0.0728. The molecule has 6 nitrogen and oxygen atoms in total. The van der Waals surface area contributed by atoms with Crippen molar-refractivity contribution >= 4 is 11.8 Å². The molecule has 0 aromatic heterocycles. The number of hydrogen-bond donors (Lipinski definition) is 2. The fraction of sp³-hybridized carbons (Fsp3) is 0.556. The second-order valence-electron chi connectivity index (χ2n) is 6.66. The van der Waals surface area contributed by atoms with Crippen molar-refractivity contribution in [3.8, 4) is 5.75 Å². The van der Waals surface area contributed by atoms with Crippen molar-refractivity contribution in [1.29, 1.82) is 0 Å². The van der Waals surface area contributed by atoms with Gasteiger partial charge in [0.25, 0.3) is 0 Å². The molecule has 1 fully saturated rings. The first kappa shape index (κ1) is 21.0. The van der Waals surface area contributed by atoms with Crippen LogP contribution < -0.4 is 15.4 Å². The molecule has 2 atom stereocenters. The normalized spacial score (nSPS) is 20.3. The van der Waals surface area contributed by atoms with Crippen LogP contribution in [0.4, 0.5) is 13.2 Å². The number of alkyl halides is 3. The standard InChI is InChI=1S/C18H24F3N3O3/c1-12(25)22-11-15-7-6-14(24(15)2)9-17(26)23-10-13-4-3-5-16(8-13)27-18(19,20)21/h3-5,8,14-15H,6-7,9-11H2,1-2H3,(H,22,25)(H,23,26)/t14-,15+/m0/s1. The van der Waals surface area contributed by atoms with Gasteiger partial charge < -0.3 is 15.4 Å². The number of carbonyl (C=O) groups is 2. The van der Waals surface area contributed by atoms with Gasteiger partial charge in [-0.05, 0) is 37.6 Å². The molecule has 0 bridgehead atoms. The number of carbonyl (C=O) groups excluding carboxylic acids is 2. The van der Waals surface area contributed by atoms with Crippen molar-refractivity contribution in [3.05, 3.63) is 29.8 Å². The smallest absolute Gasteiger partial charge is 0.406 e. The SMILES string of the molecule is CC(=O)NC[C@H]1CC[C@@H](CC(=O)NCc2cccc(OC(F)(F)F)c2)N1C. The maximum absolute atomic E-state index is 12.3. The van der Waals surface area contributed by atoms with Gasteiger partial charge in [-0.2, -0.15) is 0 Å². The van der Waals surface area contributed by atoms with E-state index in [1.165, 1.54) is 25.1 Å². The van der Waals surface area contributed by atoms with Crippen LogP contribution in [0.2, 0.25) is 0 Å². The summed E-state index contributed by atoms with van der Waals surface area (Å²) in [5.74, 6) is -0.568. The Morgan fingerprint density at radius 2 is 1.93 bits per heavy atom. The van der Waals surface area contributed by atoms with Gasteiger partial charge in [0.1, 0.15) is 5.75 Å².